The highest BCUT2D eigenvalue weighted by molar-refractivity contribution is 6.35. The van der Waals surface area contributed by atoms with Gasteiger partial charge in [-0.05, 0) is 24.6 Å². The number of halogens is 2. The number of hydrogen-bond donors (Lipinski definition) is 1. The van der Waals surface area contributed by atoms with Gasteiger partial charge in [0.2, 0.25) is 5.91 Å². The SMILES string of the molecule is CCCC1CC(=O)N(c2cc(Cl)cc(Cl)c2)C(=O)N1. The van der Waals surface area contributed by atoms with E-state index in [1.165, 1.54) is 0 Å². The Morgan fingerprint density at radius 3 is 2.42 bits per heavy atom. The van der Waals surface area contributed by atoms with Crippen LogP contribution in [0.1, 0.15) is 26.2 Å². The molecule has 0 aromatic heterocycles. The van der Waals surface area contributed by atoms with Gasteiger partial charge in [-0.2, -0.15) is 0 Å². The first-order valence-corrected chi connectivity index (χ1v) is 6.86. The number of amides is 3. The molecule has 1 aromatic rings. The van der Waals surface area contributed by atoms with E-state index in [4.69, 9.17) is 23.2 Å². The van der Waals surface area contributed by atoms with Crippen molar-refractivity contribution in [3.8, 4) is 0 Å². The first-order valence-electron chi connectivity index (χ1n) is 6.10. The van der Waals surface area contributed by atoms with E-state index in [1.54, 1.807) is 18.2 Å². The highest BCUT2D eigenvalue weighted by Crippen LogP contribution is 2.27. The molecule has 102 valence electrons. The molecular formula is C13H14Cl2N2O2. The first kappa shape index (κ1) is 14.2. The third kappa shape index (κ3) is 3.19. The zero-order valence-electron chi connectivity index (χ0n) is 10.5. The van der Waals surface area contributed by atoms with E-state index < -0.39 is 6.03 Å². The summed E-state index contributed by atoms with van der Waals surface area (Å²) >= 11 is 11.8. The molecule has 0 spiro atoms. The van der Waals surface area contributed by atoms with Gasteiger partial charge in [-0.25, -0.2) is 9.69 Å². The van der Waals surface area contributed by atoms with Crippen molar-refractivity contribution in [2.75, 3.05) is 4.90 Å². The minimum absolute atomic E-state index is 0.0871. The molecule has 1 fully saturated rings. The molecule has 1 N–H and O–H groups in total. The molecule has 1 aliphatic heterocycles. The number of carbonyl (C=O) groups excluding carboxylic acids is 2. The van der Waals surface area contributed by atoms with Crippen molar-refractivity contribution in [2.45, 2.75) is 32.2 Å². The first-order chi connectivity index (χ1) is 9.01. The number of anilines is 1. The Morgan fingerprint density at radius 2 is 1.89 bits per heavy atom. The maximum atomic E-state index is 12.1. The van der Waals surface area contributed by atoms with Crippen LogP contribution in [0.3, 0.4) is 0 Å². The van der Waals surface area contributed by atoms with Crippen LogP contribution in [0.25, 0.3) is 0 Å². The van der Waals surface area contributed by atoms with E-state index in [0.717, 1.165) is 17.7 Å². The normalized spacial score (nSPS) is 19.5. The average molecular weight is 301 g/mol. The average Bonchev–Trinajstić information content (AvgIpc) is 2.26. The Bertz CT molecular complexity index is 481. The largest absolute Gasteiger partial charge is 0.334 e. The van der Waals surface area contributed by atoms with Gasteiger partial charge in [0.1, 0.15) is 0 Å². The molecule has 0 radical (unpaired) electrons. The molecular weight excluding hydrogens is 287 g/mol. The lowest BCUT2D eigenvalue weighted by Gasteiger charge is -2.31. The van der Waals surface area contributed by atoms with Gasteiger partial charge >= 0.3 is 6.03 Å². The predicted octanol–water partition coefficient (Wildman–Crippen LogP) is 3.61. The molecule has 19 heavy (non-hydrogen) atoms. The van der Waals surface area contributed by atoms with Crippen LogP contribution in [0, 0.1) is 0 Å². The van der Waals surface area contributed by atoms with E-state index >= 15 is 0 Å². The number of benzene rings is 1. The van der Waals surface area contributed by atoms with Crippen molar-refractivity contribution < 1.29 is 9.59 Å². The summed E-state index contributed by atoms with van der Waals surface area (Å²) in [7, 11) is 0. The van der Waals surface area contributed by atoms with Crippen molar-refractivity contribution in [2.24, 2.45) is 0 Å². The molecule has 0 saturated carbocycles. The van der Waals surface area contributed by atoms with Gasteiger partial charge in [-0.3, -0.25) is 4.79 Å². The van der Waals surface area contributed by atoms with Crippen LogP contribution in [0.5, 0.6) is 0 Å². The Labute approximate surface area is 121 Å². The second kappa shape index (κ2) is 5.80. The third-order valence-corrected chi connectivity index (χ3v) is 3.38. The van der Waals surface area contributed by atoms with Crippen LogP contribution in [-0.2, 0) is 4.79 Å². The Balaban J connectivity index is 2.25. The highest BCUT2D eigenvalue weighted by Gasteiger charge is 2.32. The van der Waals surface area contributed by atoms with Crippen LogP contribution in [-0.4, -0.2) is 18.0 Å². The van der Waals surface area contributed by atoms with E-state index in [9.17, 15) is 9.59 Å². The lowest BCUT2D eigenvalue weighted by Crippen LogP contribution is -2.54. The van der Waals surface area contributed by atoms with Crippen LogP contribution < -0.4 is 10.2 Å². The number of urea groups is 1. The predicted molar refractivity (Wildman–Crippen MR) is 75.8 cm³/mol. The number of nitrogens with zero attached hydrogens (tertiary/aromatic N) is 1. The summed E-state index contributed by atoms with van der Waals surface area (Å²) in [5.74, 6) is -0.236. The van der Waals surface area contributed by atoms with Crippen molar-refractivity contribution in [1.82, 2.24) is 5.32 Å². The number of nitrogens with one attached hydrogen (secondary N) is 1. The van der Waals surface area contributed by atoms with Crippen LogP contribution in [0.4, 0.5) is 10.5 Å². The Kier molecular flexibility index (Phi) is 4.32. The molecule has 2 rings (SSSR count). The fourth-order valence-electron chi connectivity index (χ4n) is 2.16. The van der Waals surface area contributed by atoms with Gasteiger partial charge in [0.05, 0.1) is 5.69 Å². The molecule has 6 heteroatoms. The molecule has 1 unspecified atom stereocenters. The van der Waals surface area contributed by atoms with Gasteiger partial charge in [0.15, 0.2) is 0 Å². The number of rotatable bonds is 3. The van der Waals surface area contributed by atoms with Gasteiger partial charge < -0.3 is 5.32 Å². The number of imide groups is 1. The number of hydrogen-bond acceptors (Lipinski definition) is 2. The molecule has 3 amide bonds. The molecule has 0 bridgehead atoms. The smallest absolute Gasteiger partial charge is 0.328 e. The van der Waals surface area contributed by atoms with E-state index in [0.29, 0.717) is 22.2 Å². The van der Waals surface area contributed by atoms with Gasteiger partial charge in [0, 0.05) is 22.5 Å². The molecule has 1 aliphatic rings. The summed E-state index contributed by atoms with van der Waals surface area (Å²) in [6, 6.07) is 4.14. The van der Waals surface area contributed by atoms with E-state index in [1.807, 2.05) is 6.92 Å². The summed E-state index contributed by atoms with van der Waals surface area (Å²) in [6.07, 6.45) is 2.01. The lowest BCUT2D eigenvalue weighted by molar-refractivity contribution is -0.119. The highest BCUT2D eigenvalue weighted by atomic mass is 35.5. The van der Waals surface area contributed by atoms with E-state index in [2.05, 4.69) is 5.32 Å². The van der Waals surface area contributed by atoms with Crippen LogP contribution in [0.15, 0.2) is 18.2 Å². The van der Waals surface area contributed by atoms with Crippen LogP contribution in [0.2, 0.25) is 10.0 Å². The van der Waals surface area contributed by atoms with Crippen molar-refractivity contribution >= 4 is 40.8 Å². The zero-order valence-corrected chi connectivity index (χ0v) is 12.0. The summed E-state index contributed by atoms with van der Waals surface area (Å²) < 4.78 is 0. The van der Waals surface area contributed by atoms with Gasteiger partial charge in [-0.1, -0.05) is 36.5 Å². The summed E-state index contributed by atoms with van der Waals surface area (Å²) in [4.78, 5) is 25.2. The standard InChI is InChI=1S/C13H14Cl2N2O2/c1-2-3-10-7-12(18)17(13(19)16-10)11-5-8(14)4-9(15)6-11/h4-6,10H,2-3,7H2,1H3,(H,16,19). The summed E-state index contributed by atoms with van der Waals surface area (Å²) in [6.45, 7) is 2.01. The molecule has 4 nitrogen and oxygen atoms in total. The second-order valence-corrected chi connectivity index (χ2v) is 5.37. The van der Waals surface area contributed by atoms with Crippen molar-refractivity contribution in [3.63, 3.8) is 0 Å². The maximum absolute atomic E-state index is 12.1. The quantitative estimate of drug-likeness (QED) is 0.927. The second-order valence-electron chi connectivity index (χ2n) is 4.50. The van der Waals surface area contributed by atoms with Crippen LogP contribution >= 0.6 is 23.2 Å². The van der Waals surface area contributed by atoms with Crippen molar-refractivity contribution in [3.05, 3.63) is 28.2 Å². The Hall–Kier alpha value is -1.26. The molecule has 1 heterocycles. The minimum Gasteiger partial charge on any atom is -0.334 e. The van der Waals surface area contributed by atoms with Crippen molar-refractivity contribution in [1.29, 1.82) is 0 Å². The molecule has 1 aromatic carbocycles. The summed E-state index contributed by atoms with van der Waals surface area (Å²) in [5.41, 5.74) is 0.398. The fraction of sp³-hybridized carbons (Fsp3) is 0.385. The monoisotopic (exact) mass is 300 g/mol. The molecule has 1 atom stereocenters. The fourth-order valence-corrected chi connectivity index (χ4v) is 2.67. The van der Waals surface area contributed by atoms with Gasteiger partial charge in [0.25, 0.3) is 0 Å². The topological polar surface area (TPSA) is 49.4 Å². The van der Waals surface area contributed by atoms with Gasteiger partial charge in [-0.15, -0.1) is 0 Å². The molecule has 0 aliphatic carbocycles. The lowest BCUT2D eigenvalue weighted by atomic mass is 10.1. The third-order valence-electron chi connectivity index (χ3n) is 2.94. The zero-order chi connectivity index (χ0) is 14.0. The Morgan fingerprint density at radius 1 is 1.26 bits per heavy atom. The summed E-state index contributed by atoms with van der Waals surface area (Å²) in [5, 5.41) is 3.59. The maximum Gasteiger partial charge on any atom is 0.328 e. The number of carbonyl (C=O) groups is 2. The minimum atomic E-state index is -0.423. The molecule has 1 saturated heterocycles. The van der Waals surface area contributed by atoms with E-state index in [-0.39, 0.29) is 11.9 Å².